The molecule has 1 aliphatic heterocycles. The summed E-state index contributed by atoms with van der Waals surface area (Å²) in [5.74, 6) is 0. The fraction of sp³-hybridized carbons (Fsp3) is 0.600. The van der Waals surface area contributed by atoms with Crippen molar-refractivity contribution < 1.29 is 0 Å². The SMILES string of the molecule is CC(C)(C)N1CC2(Cc3ccccc3[C@H]2N)C1. The second-order valence-corrected chi connectivity index (χ2v) is 6.74. The molecule has 1 fully saturated rings. The summed E-state index contributed by atoms with van der Waals surface area (Å²) in [4.78, 5) is 2.54. The molecule has 1 aliphatic carbocycles. The standard InChI is InChI=1S/C15H22N2/c1-14(2,3)17-9-15(10-17)8-11-6-4-5-7-12(11)13(15)16/h4-7,13H,8-10,16H2,1-3H3/t13-/m1/s1. The number of hydrogen-bond donors (Lipinski definition) is 1. The summed E-state index contributed by atoms with van der Waals surface area (Å²) < 4.78 is 0. The summed E-state index contributed by atoms with van der Waals surface area (Å²) in [7, 11) is 0. The maximum absolute atomic E-state index is 6.47. The monoisotopic (exact) mass is 230 g/mol. The number of benzene rings is 1. The Balaban J connectivity index is 1.83. The molecule has 0 radical (unpaired) electrons. The van der Waals surface area contributed by atoms with E-state index >= 15 is 0 Å². The van der Waals surface area contributed by atoms with Gasteiger partial charge >= 0.3 is 0 Å². The lowest BCUT2D eigenvalue weighted by Gasteiger charge is -2.56. The third kappa shape index (κ3) is 1.54. The Hall–Kier alpha value is -0.860. The second-order valence-electron chi connectivity index (χ2n) is 6.74. The summed E-state index contributed by atoms with van der Waals surface area (Å²) in [6.45, 7) is 9.15. The van der Waals surface area contributed by atoms with E-state index in [2.05, 4.69) is 49.9 Å². The van der Waals surface area contributed by atoms with Crippen molar-refractivity contribution in [2.45, 2.75) is 38.8 Å². The van der Waals surface area contributed by atoms with E-state index in [0.29, 0.717) is 5.41 Å². The predicted octanol–water partition coefficient (Wildman–Crippen LogP) is 2.34. The van der Waals surface area contributed by atoms with E-state index in [4.69, 9.17) is 5.73 Å². The van der Waals surface area contributed by atoms with Crippen LogP contribution in [0, 0.1) is 5.41 Å². The first-order chi connectivity index (χ1) is 7.92. The number of likely N-dealkylation sites (tertiary alicyclic amines) is 1. The van der Waals surface area contributed by atoms with Crippen molar-refractivity contribution in [2.24, 2.45) is 11.1 Å². The van der Waals surface area contributed by atoms with Crippen LogP contribution in [0.3, 0.4) is 0 Å². The Morgan fingerprint density at radius 3 is 2.47 bits per heavy atom. The van der Waals surface area contributed by atoms with Crippen LogP contribution >= 0.6 is 0 Å². The van der Waals surface area contributed by atoms with Crippen molar-refractivity contribution in [3.63, 3.8) is 0 Å². The minimum Gasteiger partial charge on any atom is -0.323 e. The van der Waals surface area contributed by atoms with E-state index in [9.17, 15) is 0 Å². The molecule has 1 aromatic rings. The van der Waals surface area contributed by atoms with Crippen LogP contribution in [-0.4, -0.2) is 23.5 Å². The van der Waals surface area contributed by atoms with Crippen molar-refractivity contribution in [3.05, 3.63) is 35.4 Å². The van der Waals surface area contributed by atoms with Gasteiger partial charge < -0.3 is 5.73 Å². The van der Waals surface area contributed by atoms with Gasteiger partial charge in [-0.1, -0.05) is 24.3 Å². The van der Waals surface area contributed by atoms with Crippen molar-refractivity contribution in [2.75, 3.05) is 13.1 Å². The van der Waals surface area contributed by atoms with E-state index < -0.39 is 0 Å². The molecule has 0 unspecified atom stereocenters. The van der Waals surface area contributed by atoms with Gasteiger partial charge in [0.25, 0.3) is 0 Å². The van der Waals surface area contributed by atoms with Crippen LogP contribution in [0.15, 0.2) is 24.3 Å². The zero-order chi connectivity index (χ0) is 12.3. The zero-order valence-corrected chi connectivity index (χ0v) is 11.0. The van der Waals surface area contributed by atoms with Gasteiger partial charge in [-0.05, 0) is 38.3 Å². The molecule has 2 aliphatic rings. The third-order valence-corrected chi connectivity index (χ3v) is 4.55. The molecule has 92 valence electrons. The summed E-state index contributed by atoms with van der Waals surface area (Å²) >= 11 is 0. The number of nitrogens with two attached hydrogens (primary N) is 1. The lowest BCUT2D eigenvalue weighted by atomic mass is 9.72. The van der Waals surface area contributed by atoms with Crippen LogP contribution in [0.25, 0.3) is 0 Å². The highest BCUT2D eigenvalue weighted by Gasteiger charge is 2.54. The Bertz CT molecular complexity index is 438. The molecule has 2 N–H and O–H groups in total. The van der Waals surface area contributed by atoms with Gasteiger partial charge in [-0.2, -0.15) is 0 Å². The highest BCUT2D eigenvalue weighted by Crippen LogP contribution is 2.51. The predicted molar refractivity (Wildman–Crippen MR) is 70.8 cm³/mol. The topological polar surface area (TPSA) is 29.3 Å². The van der Waals surface area contributed by atoms with E-state index in [1.807, 2.05) is 0 Å². The van der Waals surface area contributed by atoms with Gasteiger partial charge in [0.2, 0.25) is 0 Å². The summed E-state index contributed by atoms with van der Waals surface area (Å²) in [5, 5.41) is 0. The molecule has 3 rings (SSSR count). The van der Waals surface area contributed by atoms with Gasteiger partial charge in [0.1, 0.15) is 0 Å². The molecule has 2 heteroatoms. The smallest absolute Gasteiger partial charge is 0.0382 e. The maximum atomic E-state index is 6.47. The molecular formula is C15H22N2. The third-order valence-electron chi connectivity index (χ3n) is 4.55. The summed E-state index contributed by atoms with van der Waals surface area (Å²) in [6.07, 6.45) is 1.16. The van der Waals surface area contributed by atoms with E-state index in [1.165, 1.54) is 11.1 Å². The van der Waals surface area contributed by atoms with Crippen molar-refractivity contribution in [1.82, 2.24) is 4.90 Å². The van der Waals surface area contributed by atoms with Gasteiger partial charge in [0, 0.05) is 30.1 Å². The normalized spacial score (nSPS) is 26.9. The van der Waals surface area contributed by atoms with Crippen LogP contribution < -0.4 is 5.73 Å². The lowest BCUT2D eigenvalue weighted by molar-refractivity contribution is -0.0672. The van der Waals surface area contributed by atoms with Crippen LogP contribution in [0.1, 0.15) is 37.9 Å². The molecular weight excluding hydrogens is 208 g/mol. The number of rotatable bonds is 0. The van der Waals surface area contributed by atoms with Crippen molar-refractivity contribution in [3.8, 4) is 0 Å². The molecule has 1 saturated heterocycles. The molecule has 0 aromatic heterocycles. The molecule has 1 spiro atoms. The van der Waals surface area contributed by atoms with Crippen molar-refractivity contribution in [1.29, 1.82) is 0 Å². The maximum Gasteiger partial charge on any atom is 0.0382 e. The van der Waals surface area contributed by atoms with Gasteiger partial charge in [-0.3, -0.25) is 4.90 Å². The second kappa shape index (κ2) is 3.33. The minimum absolute atomic E-state index is 0.234. The quantitative estimate of drug-likeness (QED) is 0.741. The molecule has 1 atom stereocenters. The average molecular weight is 230 g/mol. The molecule has 0 bridgehead atoms. The lowest BCUT2D eigenvalue weighted by Crippen LogP contribution is -2.65. The summed E-state index contributed by atoms with van der Waals surface area (Å²) in [5.41, 5.74) is 9.90. The Kier molecular flexibility index (Phi) is 2.20. The largest absolute Gasteiger partial charge is 0.323 e. The van der Waals surface area contributed by atoms with E-state index in [0.717, 1.165) is 19.5 Å². The highest BCUT2D eigenvalue weighted by atomic mass is 15.3. The number of hydrogen-bond acceptors (Lipinski definition) is 2. The van der Waals surface area contributed by atoms with Gasteiger partial charge in [0.05, 0.1) is 0 Å². The van der Waals surface area contributed by atoms with E-state index in [-0.39, 0.29) is 11.6 Å². The molecule has 1 heterocycles. The van der Waals surface area contributed by atoms with Crippen LogP contribution in [0.5, 0.6) is 0 Å². The first-order valence-corrected chi connectivity index (χ1v) is 6.51. The van der Waals surface area contributed by atoms with Gasteiger partial charge in [-0.15, -0.1) is 0 Å². The number of nitrogens with zero attached hydrogens (tertiary/aromatic N) is 1. The fourth-order valence-corrected chi connectivity index (χ4v) is 3.31. The van der Waals surface area contributed by atoms with Crippen LogP contribution in [-0.2, 0) is 6.42 Å². The minimum atomic E-state index is 0.234. The molecule has 0 amide bonds. The van der Waals surface area contributed by atoms with E-state index in [1.54, 1.807) is 0 Å². The number of fused-ring (bicyclic) bond motifs is 1. The Labute approximate surface area is 104 Å². The molecule has 1 aromatic carbocycles. The van der Waals surface area contributed by atoms with Crippen LogP contribution in [0.4, 0.5) is 0 Å². The van der Waals surface area contributed by atoms with Gasteiger partial charge in [0.15, 0.2) is 0 Å². The highest BCUT2D eigenvalue weighted by molar-refractivity contribution is 5.39. The molecule has 0 saturated carbocycles. The average Bonchev–Trinajstić information content (AvgIpc) is 2.49. The molecule has 17 heavy (non-hydrogen) atoms. The van der Waals surface area contributed by atoms with Gasteiger partial charge in [-0.25, -0.2) is 0 Å². The zero-order valence-electron chi connectivity index (χ0n) is 11.0. The first-order valence-electron chi connectivity index (χ1n) is 6.51. The summed E-state index contributed by atoms with van der Waals surface area (Å²) in [6, 6.07) is 8.92. The Morgan fingerprint density at radius 2 is 1.88 bits per heavy atom. The van der Waals surface area contributed by atoms with Crippen LogP contribution in [0.2, 0.25) is 0 Å². The molecule has 2 nitrogen and oxygen atoms in total. The fourth-order valence-electron chi connectivity index (χ4n) is 3.31. The first kappa shape index (κ1) is 11.2. The Morgan fingerprint density at radius 1 is 1.24 bits per heavy atom. The van der Waals surface area contributed by atoms with Crippen molar-refractivity contribution >= 4 is 0 Å².